The first kappa shape index (κ1) is 28.8. The lowest BCUT2D eigenvalue weighted by atomic mass is 10.1. The van der Waals surface area contributed by atoms with Gasteiger partial charge < -0.3 is 19.7 Å². The molecule has 0 saturated heterocycles. The standard InChI is InChI=1S/C27H30ClN3O6S/c1-19(27(33)29-2)30(17-20-10-12-21(28)13-11-20)26(32)18-31(22-8-6-5-7-9-22)38(34,35)23-14-15-24(36-3)25(16-23)37-4/h5-16,19H,17-18H2,1-4H3,(H,29,33)/t19-/m1/s1. The van der Waals surface area contributed by atoms with Gasteiger partial charge in [-0.25, -0.2) is 8.42 Å². The van der Waals surface area contributed by atoms with Crippen LogP contribution in [0.4, 0.5) is 5.69 Å². The predicted octanol–water partition coefficient (Wildman–Crippen LogP) is 3.72. The lowest BCUT2D eigenvalue weighted by molar-refractivity contribution is -0.139. The van der Waals surface area contributed by atoms with E-state index >= 15 is 0 Å². The highest BCUT2D eigenvalue weighted by Crippen LogP contribution is 2.32. The Bertz CT molecular complexity index is 1370. The summed E-state index contributed by atoms with van der Waals surface area (Å²) in [7, 11) is 0.0884. The number of anilines is 1. The maximum absolute atomic E-state index is 13.9. The van der Waals surface area contributed by atoms with Crippen molar-refractivity contribution in [1.29, 1.82) is 0 Å². The minimum atomic E-state index is -4.24. The molecule has 0 fully saturated rings. The quantitative estimate of drug-likeness (QED) is 0.384. The number of para-hydroxylation sites is 1. The van der Waals surface area contributed by atoms with Crippen LogP contribution in [0.1, 0.15) is 12.5 Å². The zero-order valence-corrected chi connectivity index (χ0v) is 23.1. The summed E-state index contributed by atoms with van der Waals surface area (Å²) in [4.78, 5) is 27.5. The van der Waals surface area contributed by atoms with Crippen LogP contribution in [0.3, 0.4) is 0 Å². The number of carbonyl (C=O) groups excluding carboxylic acids is 2. The average Bonchev–Trinajstić information content (AvgIpc) is 2.94. The Kier molecular flexibility index (Phi) is 9.60. The minimum absolute atomic E-state index is 0.0730. The Morgan fingerprint density at radius 3 is 2.16 bits per heavy atom. The van der Waals surface area contributed by atoms with Gasteiger partial charge in [0.15, 0.2) is 11.5 Å². The molecule has 0 bridgehead atoms. The number of ether oxygens (including phenoxy) is 2. The van der Waals surface area contributed by atoms with Crippen molar-refractivity contribution >= 4 is 39.1 Å². The number of hydrogen-bond donors (Lipinski definition) is 1. The number of rotatable bonds is 11. The molecule has 3 aromatic carbocycles. The lowest BCUT2D eigenvalue weighted by Crippen LogP contribution is -2.50. The summed E-state index contributed by atoms with van der Waals surface area (Å²) in [6.07, 6.45) is 0. The number of methoxy groups -OCH3 is 2. The molecule has 0 saturated carbocycles. The fourth-order valence-corrected chi connectivity index (χ4v) is 5.36. The topological polar surface area (TPSA) is 105 Å². The van der Waals surface area contributed by atoms with Crippen LogP contribution in [0.5, 0.6) is 11.5 Å². The Morgan fingerprint density at radius 2 is 1.58 bits per heavy atom. The van der Waals surface area contributed by atoms with E-state index < -0.39 is 28.5 Å². The number of halogens is 1. The number of nitrogens with zero attached hydrogens (tertiary/aromatic N) is 2. The molecule has 0 spiro atoms. The van der Waals surface area contributed by atoms with Crippen LogP contribution < -0.4 is 19.1 Å². The van der Waals surface area contributed by atoms with Crippen molar-refractivity contribution in [1.82, 2.24) is 10.2 Å². The van der Waals surface area contributed by atoms with E-state index in [2.05, 4.69) is 5.32 Å². The molecule has 0 aliphatic carbocycles. The number of hydrogen-bond acceptors (Lipinski definition) is 6. The van der Waals surface area contributed by atoms with Crippen molar-refractivity contribution in [3.8, 4) is 11.5 Å². The van der Waals surface area contributed by atoms with Gasteiger partial charge in [-0.2, -0.15) is 0 Å². The molecule has 0 unspecified atom stereocenters. The molecule has 2 amide bonds. The molecular formula is C27H30ClN3O6S. The van der Waals surface area contributed by atoms with Gasteiger partial charge in [-0.3, -0.25) is 13.9 Å². The van der Waals surface area contributed by atoms with Crippen molar-refractivity contribution in [2.24, 2.45) is 0 Å². The van der Waals surface area contributed by atoms with E-state index in [9.17, 15) is 18.0 Å². The average molecular weight is 560 g/mol. The first-order valence-corrected chi connectivity index (χ1v) is 13.5. The molecule has 0 heterocycles. The van der Waals surface area contributed by atoms with Crippen LogP contribution in [0, 0.1) is 0 Å². The minimum Gasteiger partial charge on any atom is -0.493 e. The molecule has 11 heteroatoms. The molecule has 0 aliphatic rings. The maximum atomic E-state index is 13.9. The van der Waals surface area contributed by atoms with Gasteiger partial charge in [0.05, 0.1) is 24.8 Å². The van der Waals surface area contributed by atoms with E-state index in [1.807, 2.05) is 0 Å². The highest BCUT2D eigenvalue weighted by Gasteiger charge is 2.32. The van der Waals surface area contributed by atoms with Crippen molar-refractivity contribution in [3.05, 3.63) is 83.4 Å². The van der Waals surface area contributed by atoms with E-state index in [1.54, 1.807) is 61.5 Å². The summed E-state index contributed by atoms with van der Waals surface area (Å²) in [5, 5.41) is 3.08. The third-order valence-corrected chi connectivity index (χ3v) is 7.97. The zero-order chi connectivity index (χ0) is 27.9. The van der Waals surface area contributed by atoms with Crippen LogP contribution in [0.15, 0.2) is 77.7 Å². The van der Waals surface area contributed by atoms with Crippen LogP contribution in [0.25, 0.3) is 0 Å². The number of nitrogens with one attached hydrogen (secondary N) is 1. The fourth-order valence-electron chi connectivity index (χ4n) is 3.81. The molecule has 0 aromatic heterocycles. The second-order valence-electron chi connectivity index (χ2n) is 8.30. The summed E-state index contributed by atoms with van der Waals surface area (Å²) < 4.78 is 39.3. The molecule has 3 aromatic rings. The molecule has 38 heavy (non-hydrogen) atoms. The Labute approximate surface area is 228 Å². The van der Waals surface area contributed by atoms with Gasteiger partial charge in [0.2, 0.25) is 11.8 Å². The Hall–Kier alpha value is -3.76. The number of sulfonamides is 1. The van der Waals surface area contributed by atoms with Crippen molar-refractivity contribution < 1.29 is 27.5 Å². The lowest BCUT2D eigenvalue weighted by Gasteiger charge is -2.31. The van der Waals surface area contributed by atoms with Gasteiger partial charge in [0.25, 0.3) is 10.0 Å². The molecular weight excluding hydrogens is 530 g/mol. The highest BCUT2D eigenvalue weighted by atomic mass is 35.5. The SMILES string of the molecule is CNC(=O)[C@@H](C)N(Cc1ccc(Cl)cc1)C(=O)CN(c1ccccc1)S(=O)(=O)c1ccc(OC)c(OC)c1. The predicted molar refractivity (Wildman–Crippen MR) is 146 cm³/mol. The number of carbonyl (C=O) groups is 2. The molecule has 3 rings (SSSR count). The second kappa shape index (κ2) is 12.7. The second-order valence-corrected chi connectivity index (χ2v) is 10.6. The van der Waals surface area contributed by atoms with Crippen LogP contribution in [-0.2, 0) is 26.2 Å². The molecule has 9 nitrogen and oxygen atoms in total. The number of benzene rings is 3. The highest BCUT2D eigenvalue weighted by molar-refractivity contribution is 7.92. The summed E-state index contributed by atoms with van der Waals surface area (Å²) in [5.41, 5.74) is 1.02. The molecule has 0 aliphatic heterocycles. The van der Waals surface area contributed by atoms with E-state index in [0.29, 0.717) is 10.8 Å². The van der Waals surface area contributed by atoms with Crippen LogP contribution >= 0.6 is 11.6 Å². The summed E-state index contributed by atoms with van der Waals surface area (Å²) in [6, 6.07) is 18.5. The molecule has 1 N–H and O–H groups in total. The van der Waals surface area contributed by atoms with Gasteiger partial charge in [-0.05, 0) is 48.9 Å². The third kappa shape index (κ3) is 6.56. The van der Waals surface area contributed by atoms with Crippen molar-refractivity contribution in [2.45, 2.75) is 24.4 Å². The largest absolute Gasteiger partial charge is 0.493 e. The number of likely N-dealkylation sites (N-methyl/N-ethyl adjacent to an activating group) is 1. The molecule has 1 atom stereocenters. The van der Waals surface area contributed by atoms with Gasteiger partial charge in [-0.1, -0.05) is 41.9 Å². The van der Waals surface area contributed by atoms with Crippen molar-refractivity contribution in [2.75, 3.05) is 32.1 Å². The third-order valence-electron chi connectivity index (χ3n) is 5.95. The Morgan fingerprint density at radius 1 is 0.947 bits per heavy atom. The first-order valence-electron chi connectivity index (χ1n) is 11.7. The van der Waals surface area contributed by atoms with Crippen LogP contribution in [-0.4, -0.2) is 59.0 Å². The van der Waals surface area contributed by atoms with E-state index in [-0.39, 0.29) is 28.8 Å². The Balaban J connectivity index is 2.03. The number of amides is 2. The zero-order valence-electron chi connectivity index (χ0n) is 21.5. The van der Waals surface area contributed by atoms with Gasteiger partial charge >= 0.3 is 0 Å². The monoisotopic (exact) mass is 559 g/mol. The van der Waals surface area contributed by atoms with E-state index in [0.717, 1.165) is 9.87 Å². The van der Waals surface area contributed by atoms with Crippen LogP contribution in [0.2, 0.25) is 5.02 Å². The smallest absolute Gasteiger partial charge is 0.264 e. The fraction of sp³-hybridized carbons (Fsp3) is 0.259. The van der Waals surface area contributed by atoms with Crippen molar-refractivity contribution in [3.63, 3.8) is 0 Å². The summed E-state index contributed by atoms with van der Waals surface area (Å²) in [5.74, 6) is -0.363. The molecule has 0 radical (unpaired) electrons. The van der Waals surface area contributed by atoms with Gasteiger partial charge in [0, 0.05) is 24.7 Å². The maximum Gasteiger partial charge on any atom is 0.264 e. The molecule has 202 valence electrons. The summed E-state index contributed by atoms with van der Waals surface area (Å²) >= 11 is 6.00. The van der Waals surface area contributed by atoms with E-state index in [4.69, 9.17) is 21.1 Å². The first-order chi connectivity index (χ1) is 18.1. The van der Waals surface area contributed by atoms with Gasteiger partial charge in [0.1, 0.15) is 12.6 Å². The van der Waals surface area contributed by atoms with Gasteiger partial charge in [-0.15, -0.1) is 0 Å². The van der Waals surface area contributed by atoms with E-state index in [1.165, 1.54) is 44.4 Å². The summed E-state index contributed by atoms with van der Waals surface area (Å²) in [6.45, 7) is 1.11. The normalized spacial score (nSPS) is 11.8.